The Morgan fingerprint density at radius 1 is 0.864 bits per heavy atom. The number of nitrogens with zero attached hydrogens (tertiary/aromatic N) is 2. The van der Waals surface area contributed by atoms with E-state index in [1.807, 2.05) is 30.3 Å². The second kappa shape index (κ2) is 6.67. The summed E-state index contributed by atoms with van der Waals surface area (Å²) in [7, 11) is 0. The fourth-order valence-corrected chi connectivity index (χ4v) is 1.80. The highest BCUT2D eigenvalue weighted by molar-refractivity contribution is 5.27. The van der Waals surface area contributed by atoms with E-state index in [2.05, 4.69) is 9.97 Å². The van der Waals surface area contributed by atoms with Crippen LogP contribution in [0, 0.1) is 5.82 Å². The van der Waals surface area contributed by atoms with Gasteiger partial charge in [-0.2, -0.15) is 4.98 Å². The maximum atomic E-state index is 12.8. The predicted octanol–water partition coefficient (Wildman–Crippen LogP) is 3.99. The van der Waals surface area contributed by atoms with Crippen LogP contribution in [-0.2, 0) is 6.61 Å². The zero-order valence-corrected chi connectivity index (χ0v) is 11.6. The summed E-state index contributed by atoms with van der Waals surface area (Å²) < 4.78 is 23.9. The van der Waals surface area contributed by atoms with Gasteiger partial charge in [0.05, 0.1) is 12.4 Å². The number of rotatable bonds is 5. The first-order chi connectivity index (χ1) is 10.8. The van der Waals surface area contributed by atoms with Crippen LogP contribution < -0.4 is 9.47 Å². The Bertz CT molecular complexity index is 733. The topological polar surface area (TPSA) is 44.2 Å². The van der Waals surface area contributed by atoms with Crippen molar-refractivity contribution >= 4 is 0 Å². The van der Waals surface area contributed by atoms with Gasteiger partial charge in [0.2, 0.25) is 11.8 Å². The molecule has 0 amide bonds. The monoisotopic (exact) mass is 296 g/mol. The van der Waals surface area contributed by atoms with E-state index in [1.54, 1.807) is 0 Å². The molecule has 3 aromatic rings. The van der Waals surface area contributed by atoms with Crippen molar-refractivity contribution in [2.45, 2.75) is 6.61 Å². The van der Waals surface area contributed by atoms with Crippen LogP contribution in [0.3, 0.4) is 0 Å². The van der Waals surface area contributed by atoms with E-state index in [9.17, 15) is 4.39 Å². The minimum atomic E-state index is -0.321. The second-order valence-corrected chi connectivity index (χ2v) is 4.53. The zero-order chi connectivity index (χ0) is 15.2. The number of hydrogen-bond acceptors (Lipinski definition) is 4. The van der Waals surface area contributed by atoms with Gasteiger partial charge in [-0.1, -0.05) is 30.3 Å². The summed E-state index contributed by atoms with van der Waals surface area (Å²) in [5.41, 5.74) is 1.04. The first-order valence-electron chi connectivity index (χ1n) is 6.72. The lowest BCUT2D eigenvalue weighted by Gasteiger charge is -2.07. The third-order valence-corrected chi connectivity index (χ3v) is 2.86. The first-order valence-corrected chi connectivity index (χ1v) is 6.72. The van der Waals surface area contributed by atoms with Crippen molar-refractivity contribution in [3.63, 3.8) is 0 Å². The molecule has 0 unspecified atom stereocenters. The molecule has 2 aromatic carbocycles. The van der Waals surface area contributed by atoms with E-state index in [0.717, 1.165) is 5.56 Å². The Labute approximate surface area is 127 Å². The molecule has 1 heterocycles. The number of aromatic nitrogens is 2. The number of hydrogen-bond donors (Lipinski definition) is 0. The summed E-state index contributed by atoms with van der Waals surface area (Å²) in [4.78, 5) is 8.23. The quantitative estimate of drug-likeness (QED) is 0.714. The summed E-state index contributed by atoms with van der Waals surface area (Å²) >= 11 is 0. The van der Waals surface area contributed by atoms with Crippen LogP contribution >= 0.6 is 0 Å². The van der Waals surface area contributed by atoms with E-state index >= 15 is 0 Å². The number of ether oxygens (including phenoxy) is 2. The highest BCUT2D eigenvalue weighted by Gasteiger charge is 2.03. The van der Waals surface area contributed by atoms with Crippen LogP contribution in [0.4, 0.5) is 4.39 Å². The van der Waals surface area contributed by atoms with Gasteiger partial charge in [-0.3, -0.25) is 4.98 Å². The molecule has 0 N–H and O–H groups in total. The van der Waals surface area contributed by atoms with E-state index < -0.39 is 0 Å². The molecule has 0 aliphatic carbocycles. The van der Waals surface area contributed by atoms with Crippen LogP contribution in [0.25, 0.3) is 0 Å². The van der Waals surface area contributed by atoms with Gasteiger partial charge in [-0.25, -0.2) is 4.39 Å². The van der Waals surface area contributed by atoms with Gasteiger partial charge in [-0.05, 0) is 29.8 Å². The lowest BCUT2D eigenvalue weighted by atomic mass is 10.2. The van der Waals surface area contributed by atoms with Gasteiger partial charge >= 0.3 is 0 Å². The van der Waals surface area contributed by atoms with E-state index in [1.165, 1.54) is 36.7 Å². The molecule has 5 heteroatoms. The first kappa shape index (κ1) is 14.0. The summed E-state index contributed by atoms with van der Waals surface area (Å²) in [5.74, 6) is 0.815. The highest BCUT2D eigenvalue weighted by atomic mass is 19.1. The fourth-order valence-electron chi connectivity index (χ4n) is 1.80. The van der Waals surface area contributed by atoms with E-state index in [-0.39, 0.29) is 11.7 Å². The molecular formula is C17H13FN2O2. The maximum absolute atomic E-state index is 12.8. The number of halogens is 1. The molecule has 0 saturated heterocycles. The minimum Gasteiger partial charge on any atom is -0.472 e. The van der Waals surface area contributed by atoms with E-state index in [4.69, 9.17) is 9.47 Å². The van der Waals surface area contributed by atoms with Crippen molar-refractivity contribution in [1.82, 2.24) is 9.97 Å². The average molecular weight is 296 g/mol. The Kier molecular flexibility index (Phi) is 4.25. The van der Waals surface area contributed by atoms with Crippen molar-refractivity contribution in [1.29, 1.82) is 0 Å². The molecule has 0 spiro atoms. The Morgan fingerprint density at radius 2 is 1.59 bits per heavy atom. The third kappa shape index (κ3) is 3.79. The van der Waals surface area contributed by atoms with Crippen LogP contribution in [0.5, 0.6) is 17.5 Å². The molecule has 0 atom stereocenters. The van der Waals surface area contributed by atoms with Crippen LogP contribution in [0.1, 0.15) is 5.56 Å². The van der Waals surface area contributed by atoms with Gasteiger partial charge in [0.15, 0.2) is 0 Å². The van der Waals surface area contributed by atoms with Crippen molar-refractivity contribution in [2.75, 3.05) is 0 Å². The maximum Gasteiger partial charge on any atom is 0.241 e. The standard InChI is InChI=1S/C17H13FN2O2/c18-14-6-8-15(9-7-14)22-17-11-19-10-16(20-17)21-12-13-4-2-1-3-5-13/h1-11H,12H2. The summed E-state index contributed by atoms with van der Waals surface area (Å²) in [5, 5.41) is 0. The molecule has 4 nitrogen and oxygen atoms in total. The summed E-state index contributed by atoms with van der Waals surface area (Å²) in [6.45, 7) is 0.398. The van der Waals surface area contributed by atoms with Crippen molar-refractivity contribution < 1.29 is 13.9 Å². The molecule has 0 fully saturated rings. The lowest BCUT2D eigenvalue weighted by molar-refractivity contribution is 0.288. The zero-order valence-electron chi connectivity index (χ0n) is 11.6. The fraction of sp³-hybridized carbons (Fsp3) is 0.0588. The summed E-state index contributed by atoms with van der Waals surface area (Å²) in [6, 6.07) is 15.4. The Hall–Kier alpha value is -2.95. The predicted molar refractivity (Wildman–Crippen MR) is 79.3 cm³/mol. The van der Waals surface area contributed by atoms with Gasteiger partial charge in [0.1, 0.15) is 18.2 Å². The van der Waals surface area contributed by atoms with Crippen LogP contribution in [-0.4, -0.2) is 9.97 Å². The number of benzene rings is 2. The summed E-state index contributed by atoms with van der Waals surface area (Å²) in [6.07, 6.45) is 2.99. The molecule has 3 rings (SSSR count). The molecule has 110 valence electrons. The molecule has 0 saturated carbocycles. The third-order valence-electron chi connectivity index (χ3n) is 2.86. The van der Waals surface area contributed by atoms with Crippen LogP contribution in [0.15, 0.2) is 67.0 Å². The van der Waals surface area contributed by atoms with Gasteiger partial charge in [0.25, 0.3) is 0 Å². The smallest absolute Gasteiger partial charge is 0.241 e. The van der Waals surface area contributed by atoms with Crippen LogP contribution in [0.2, 0.25) is 0 Å². The van der Waals surface area contributed by atoms with Crippen molar-refractivity contribution in [3.05, 3.63) is 78.4 Å². The highest BCUT2D eigenvalue weighted by Crippen LogP contribution is 2.21. The normalized spacial score (nSPS) is 10.2. The van der Waals surface area contributed by atoms with Gasteiger partial charge < -0.3 is 9.47 Å². The van der Waals surface area contributed by atoms with Gasteiger partial charge in [0, 0.05) is 0 Å². The molecule has 0 aliphatic rings. The largest absolute Gasteiger partial charge is 0.472 e. The molecule has 0 bridgehead atoms. The molecule has 22 heavy (non-hydrogen) atoms. The van der Waals surface area contributed by atoms with Gasteiger partial charge in [-0.15, -0.1) is 0 Å². The Morgan fingerprint density at radius 3 is 2.36 bits per heavy atom. The SMILES string of the molecule is Fc1ccc(Oc2cncc(OCc3ccccc3)n2)cc1. The second-order valence-electron chi connectivity index (χ2n) is 4.53. The molecule has 0 aliphatic heterocycles. The average Bonchev–Trinajstić information content (AvgIpc) is 2.57. The molecule has 0 radical (unpaired) electrons. The Balaban J connectivity index is 1.66. The van der Waals surface area contributed by atoms with Crippen molar-refractivity contribution in [2.24, 2.45) is 0 Å². The molecule has 1 aromatic heterocycles. The molecular weight excluding hydrogens is 283 g/mol. The lowest BCUT2D eigenvalue weighted by Crippen LogP contribution is -1.98. The minimum absolute atomic E-state index is 0.289. The van der Waals surface area contributed by atoms with E-state index in [0.29, 0.717) is 18.2 Å². The van der Waals surface area contributed by atoms with Crippen molar-refractivity contribution in [3.8, 4) is 17.5 Å².